The van der Waals surface area contributed by atoms with Gasteiger partial charge >= 0.3 is 5.97 Å². The van der Waals surface area contributed by atoms with Crippen molar-refractivity contribution >= 4 is 17.6 Å². The first-order valence-corrected chi connectivity index (χ1v) is 7.85. The summed E-state index contributed by atoms with van der Waals surface area (Å²) in [6, 6.07) is 15.7. The summed E-state index contributed by atoms with van der Waals surface area (Å²) in [6.07, 6.45) is 3.03. The molecule has 0 fully saturated rings. The monoisotopic (exact) mass is 350 g/mol. The van der Waals surface area contributed by atoms with E-state index in [1.807, 2.05) is 6.07 Å². The van der Waals surface area contributed by atoms with Crippen LogP contribution in [0.1, 0.15) is 26.3 Å². The maximum absolute atomic E-state index is 14.3. The number of aromatic nitrogens is 1. The Bertz CT molecular complexity index is 930. The molecule has 0 bridgehead atoms. The number of rotatable bonds is 5. The molecule has 0 spiro atoms. The highest BCUT2D eigenvalue weighted by molar-refractivity contribution is 6.05. The lowest BCUT2D eigenvalue weighted by atomic mass is 10.1. The highest BCUT2D eigenvalue weighted by Gasteiger charge is 2.20. The van der Waals surface area contributed by atoms with Gasteiger partial charge in [0.2, 0.25) is 0 Å². The summed E-state index contributed by atoms with van der Waals surface area (Å²) in [5, 5.41) is 8.96. The molecule has 0 aliphatic heterocycles. The third kappa shape index (κ3) is 3.75. The minimum absolute atomic E-state index is 0.0309. The normalized spacial score (nSPS) is 10.3. The lowest BCUT2D eigenvalue weighted by molar-refractivity contribution is 0.0696. The number of hydrogen-bond acceptors (Lipinski definition) is 3. The van der Waals surface area contributed by atoms with Gasteiger partial charge < -0.3 is 10.0 Å². The first-order chi connectivity index (χ1) is 12.6. The van der Waals surface area contributed by atoms with Crippen molar-refractivity contribution in [3.63, 3.8) is 0 Å². The van der Waals surface area contributed by atoms with Crippen molar-refractivity contribution in [3.8, 4) is 0 Å². The van der Waals surface area contributed by atoms with Gasteiger partial charge in [-0.3, -0.25) is 9.78 Å². The van der Waals surface area contributed by atoms with Crippen molar-refractivity contribution in [2.24, 2.45) is 0 Å². The number of halogens is 1. The number of carboxylic acid groups (broad SMARTS) is 1. The van der Waals surface area contributed by atoms with Gasteiger partial charge in [0, 0.05) is 29.2 Å². The Morgan fingerprint density at radius 2 is 1.65 bits per heavy atom. The van der Waals surface area contributed by atoms with Crippen LogP contribution in [0.15, 0.2) is 73.1 Å². The van der Waals surface area contributed by atoms with Crippen molar-refractivity contribution in [1.82, 2.24) is 4.98 Å². The quantitative estimate of drug-likeness (QED) is 0.760. The smallest absolute Gasteiger partial charge is 0.335 e. The molecule has 0 saturated heterocycles. The van der Waals surface area contributed by atoms with Crippen LogP contribution in [0.4, 0.5) is 10.1 Å². The third-order valence-electron chi connectivity index (χ3n) is 3.87. The number of aromatic carboxylic acids is 1. The molecule has 3 rings (SSSR count). The van der Waals surface area contributed by atoms with E-state index in [0.717, 1.165) is 6.07 Å². The van der Waals surface area contributed by atoms with E-state index < -0.39 is 11.8 Å². The molecular formula is C20H15FN2O3. The maximum atomic E-state index is 14.3. The van der Waals surface area contributed by atoms with E-state index in [1.54, 1.807) is 36.4 Å². The van der Waals surface area contributed by atoms with Crippen molar-refractivity contribution in [2.75, 3.05) is 4.90 Å². The van der Waals surface area contributed by atoms with Crippen LogP contribution in [0.5, 0.6) is 0 Å². The topological polar surface area (TPSA) is 70.5 Å². The Morgan fingerprint density at radius 3 is 2.27 bits per heavy atom. The van der Waals surface area contributed by atoms with Gasteiger partial charge in [-0.25, -0.2) is 9.18 Å². The molecule has 1 N–H and O–H groups in total. The van der Waals surface area contributed by atoms with Crippen LogP contribution in [0.25, 0.3) is 0 Å². The highest BCUT2D eigenvalue weighted by Crippen LogP contribution is 2.21. The van der Waals surface area contributed by atoms with Gasteiger partial charge in [0.1, 0.15) is 5.82 Å². The zero-order chi connectivity index (χ0) is 18.5. The summed E-state index contributed by atoms with van der Waals surface area (Å²) in [5.41, 5.74) is 1.11. The SMILES string of the molecule is O=C(O)c1ccc(CN(C(=O)c2ccncc2)c2ccccc2)c(F)c1. The molecule has 6 heteroatoms. The fraction of sp³-hybridized carbons (Fsp3) is 0.0500. The molecule has 0 atom stereocenters. The Kier molecular flexibility index (Phi) is 5.03. The summed E-state index contributed by atoms with van der Waals surface area (Å²) in [4.78, 5) is 29.2. The minimum atomic E-state index is -1.21. The third-order valence-corrected chi connectivity index (χ3v) is 3.87. The predicted molar refractivity (Wildman–Crippen MR) is 94.6 cm³/mol. The first kappa shape index (κ1) is 17.3. The molecule has 0 aliphatic carbocycles. The van der Waals surface area contributed by atoms with Crippen molar-refractivity contribution in [3.05, 3.63) is 95.6 Å². The average molecular weight is 350 g/mol. The Balaban J connectivity index is 1.97. The van der Waals surface area contributed by atoms with E-state index in [9.17, 15) is 14.0 Å². The molecule has 0 aliphatic rings. The van der Waals surface area contributed by atoms with Gasteiger partial charge in [0.05, 0.1) is 12.1 Å². The van der Waals surface area contributed by atoms with Gasteiger partial charge in [-0.1, -0.05) is 24.3 Å². The zero-order valence-corrected chi connectivity index (χ0v) is 13.7. The average Bonchev–Trinajstić information content (AvgIpc) is 2.67. The van der Waals surface area contributed by atoms with E-state index in [1.165, 1.54) is 29.4 Å². The number of benzene rings is 2. The Hall–Kier alpha value is -3.54. The van der Waals surface area contributed by atoms with Crippen LogP contribution in [-0.2, 0) is 6.54 Å². The van der Waals surface area contributed by atoms with Gasteiger partial charge in [-0.15, -0.1) is 0 Å². The highest BCUT2D eigenvalue weighted by atomic mass is 19.1. The molecule has 0 saturated carbocycles. The lowest BCUT2D eigenvalue weighted by Crippen LogP contribution is -2.30. The van der Waals surface area contributed by atoms with Gasteiger partial charge in [-0.05, 0) is 36.4 Å². The van der Waals surface area contributed by atoms with Crippen LogP contribution < -0.4 is 4.90 Å². The molecule has 1 amide bonds. The van der Waals surface area contributed by atoms with Gasteiger partial charge in [0.15, 0.2) is 0 Å². The minimum Gasteiger partial charge on any atom is -0.478 e. The first-order valence-electron chi connectivity index (χ1n) is 7.85. The van der Waals surface area contributed by atoms with Gasteiger partial charge in [0.25, 0.3) is 5.91 Å². The summed E-state index contributed by atoms with van der Waals surface area (Å²) in [7, 11) is 0. The van der Waals surface area contributed by atoms with Crippen molar-refractivity contribution < 1.29 is 19.1 Å². The van der Waals surface area contributed by atoms with Crippen LogP contribution in [0.3, 0.4) is 0 Å². The summed E-state index contributed by atoms with van der Waals surface area (Å²) >= 11 is 0. The van der Waals surface area contributed by atoms with Crippen LogP contribution in [0, 0.1) is 5.82 Å². The number of pyridine rings is 1. The fourth-order valence-electron chi connectivity index (χ4n) is 2.52. The van der Waals surface area contributed by atoms with Gasteiger partial charge in [-0.2, -0.15) is 0 Å². The number of para-hydroxylation sites is 1. The molecule has 2 aromatic carbocycles. The largest absolute Gasteiger partial charge is 0.478 e. The lowest BCUT2D eigenvalue weighted by Gasteiger charge is -2.23. The number of carboxylic acids is 1. The molecule has 0 radical (unpaired) electrons. The van der Waals surface area contributed by atoms with E-state index >= 15 is 0 Å². The fourth-order valence-corrected chi connectivity index (χ4v) is 2.52. The van der Waals surface area contributed by atoms with E-state index in [-0.39, 0.29) is 23.6 Å². The van der Waals surface area contributed by atoms with E-state index in [0.29, 0.717) is 11.3 Å². The standard InChI is InChI=1S/C20H15FN2O3/c21-18-12-15(20(25)26)6-7-16(18)13-23(17-4-2-1-3-5-17)19(24)14-8-10-22-11-9-14/h1-12H,13H2,(H,25,26). The predicted octanol–water partition coefficient (Wildman–Crippen LogP) is 3.77. The number of hydrogen-bond donors (Lipinski definition) is 1. The summed E-state index contributed by atoms with van der Waals surface area (Å²) in [6.45, 7) is -0.0309. The molecule has 0 unspecified atom stereocenters. The van der Waals surface area contributed by atoms with Crippen molar-refractivity contribution in [1.29, 1.82) is 0 Å². The van der Waals surface area contributed by atoms with Crippen LogP contribution >= 0.6 is 0 Å². The van der Waals surface area contributed by atoms with Crippen LogP contribution in [-0.4, -0.2) is 22.0 Å². The Morgan fingerprint density at radius 1 is 0.962 bits per heavy atom. The van der Waals surface area contributed by atoms with E-state index in [4.69, 9.17) is 5.11 Å². The molecular weight excluding hydrogens is 335 g/mol. The second-order valence-electron chi connectivity index (χ2n) is 5.57. The number of amides is 1. The second-order valence-corrected chi connectivity index (χ2v) is 5.57. The van der Waals surface area contributed by atoms with Crippen molar-refractivity contribution in [2.45, 2.75) is 6.54 Å². The summed E-state index contributed by atoms with van der Waals surface area (Å²) in [5.74, 6) is -2.18. The molecule has 1 aromatic heterocycles. The number of anilines is 1. The van der Waals surface area contributed by atoms with Crippen LogP contribution in [0.2, 0.25) is 0 Å². The molecule has 5 nitrogen and oxygen atoms in total. The maximum Gasteiger partial charge on any atom is 0.335 e. The number of carbonyl (C=O) groups is 2. The summed E-state index contributed by atoms with van der Waals surface area (Å²) < 4.78 is 14.3. The Labute approximate surface area is 149 Å². The second kappa shape index (κ2) is 7.57. The zero-order valence-electron chi connectivity index (χ0n) is 13.7. The number of nitrogens with zero attached hydrogens (tertiary/aromatic N) is 2. The molecule has 3 aromatic rings. The van der Waals surface area contributed by atoms with E-state index in [2.05, 4.69) is 4.98 Å². The molecule has 130 valence electrons. The molecule has 26 heavy (non-hydrogen) atoms. The molecule has 1 heterocycles. The number of carbonyl (C=O) groups excluding carboxylic acids is 1.